The molecule has 0 saturated heterocycles. The van der Waals surface area contributed by atoms with Gasteiger partial charge < -0.3 is 15.4 Å². The molecule has 2 N–H and O–H groups in total. The van der Waals surface area contributed by atoms with Crippen molar-refractivity contribution in [1.29, 1.82) is 0 Å². The summed E-state index contributed by atoms with van der Waals surface area (Å²) in [5.74, 6) is 0.217. The lowest BCUT2D eigenvalue weighted by atomic mass is 10.1. The van der Waals surface area contributed by atoms with E-state index >= 15 is 0 Å². The molecular formula is C15H24N2O2. The number of benzene rings is 1. The first-order valence-corrected chi connectivity index (χ1v) is 6.77. The monoisotopic (exact) mass is 264 g/mol. The summed E-state index contributed by atoms with van der Waals surface area (Å²) in [6.45, 7) is 7.41. The Morgan fingerprint density at radius 3 is 2.68 bits per heavy atom. The van der Waals surface area contributed by atoms with Gasteiger partial charge in [0.1, 0.15) is 0 Å². The van der Waals surface area contributed by atoms with Crippen LogP contribution >= 0.6 is 0 Å². The van der Waals surface area contributed by atoms with E-state index in [1.165, 1.54) is 0 Å². The van der Waals surface area contributed by atoms with Gasteiger partial charge in [0.15, 0.2) is 0 Å². The maximum absolute atomic E-state index is 11.8. The van der Waals surface area contributed by atoms with Crippen LogP contribution in [0.25, 0.3) is 0 Å². The number of anilines is 2. The molecule has 0 fully saturated rings. The van der Waals surface area contributed by atoms with E-state index in [9.17, 15) is 4.79 Å². The molecule has 1 atom stereocenters. The van der Waals surface area contributed by atoms with Gasteiger partial charge in [0.25, 0.3) is 0 Å². The summed E-state index contributed by atoms with van der Waals surface area (Å²) in [6.07, 6.45) is 1.11. The summed E-state index contributed by atoms with van der Waals surface area (Å²) < 4.78 is 5.01. The van der Waals surface area contributed by atoms with Crippen molar-refractivity contribution in [2.24, 2.45) is 5.92 Å². The molecule has 0 aliphatic rings. The van der Waals surface area contributed by atoms with Gasteiger partial charge in [-0.2, -0.15) is 0 Å². The van der Waals surface area contributed by atoms with Crippen LogP contribution in [0.15, 0.2) is 18.2 Å². The summed E-state index contributed by atoms with van der Waals surface area (Å²) in [5.41, 5.74) is 7.90. The standard InChI is InChI=1S/C15H24N2O2/c1-5-11(3)10-17(4)13-9-7-8-12(14(13)16)15(18)19-6-2/h7-9,11H,5-6,10,16H2,1-4H3. The van der Waals surface area contributed by atoms with E-state index in [2.05, 4.69) is 18.7 Å². The average molecular weight is 264 g/mol. The van der Waals surface area contributed by atoms with Crippen LogP contribution in [0.1, 0.15) is 37.6 Å². The van der Waals surface area contributed by atoms with E-state index in [-0.39, 0.29) is 5.97 Å². The lowest BCUT2D eigenvalue weighted by molar-refractivity contribution is 0.0527. The van der Waals surface area contributed by atoms with Gasteiger partial charge in [-0.3, -0.25) is 0 Å². The van der Waals surface area contributed by atoms with Gasteiger partial charge in [0.05, 0.1) is 23.5 Å². The van der Waals surface area contributed by atoms with Crippen molar-refractivity contribution in [2.45, 2.75) is 27.2 Å². The van der Waals surface area contributed by atoms with Crippen LogP contribution < -0.4 is 10.6 Å². The number of carbonyl (C=O) groups is 1. The first kappa shape index (κ1) is 15.3. The third kappa shape index (κ3) is 3.88. The number of carbonyl (C=O) groups excluding carboxylic acids is 1. The highest BCUT2D eigenvalue weighted by molar-refractivity contribution is 5.98. The summed E-state index contributed by atoms with van der Waals surface area (Å²) in [6, 6.07) is 5.47. The highest BCUT2D eigenvalue weighted by atomic mass is 16.5. The molecule has 0 saturated carbocycles. The van der Waals surface area contributed by atoms with Crippen molar-refractivity contribution in [2.75, 3.05) is 30.8 Å². The molecule has 1 unspecified atom stereocenters. The van der Waals surface area contributed by atoms with E-state index in [0.29, 0.717) is 23.8 Å². The third-order valence-corrected chi connectivity index (χ3v) is 3.27. The van der Waals surface area contributed by atoms with Crippen molar-refractivity contribution >= 4 is 17.3 Å². The normalized spacial score (nSPS) is 12.0. The van der Waals surface area contributed by atoms with Gasteiger partial charge >= 0.3 is 5.97 Å². The third-order valence-electron chi connectivity index (χ3n) is 3.27. The van der Waals surface area contributed by atoms with Crippen molar-refractivity contribution in [3.8, 4) is 0 Å². The fourth-order valence-corrected chi connectivity index (χ4v) is 1.97. The van der Waals surface area contributed by atoms with Crippen molar-refractivity contribution in [3.05, 3.63) is 23.8 Å². The quantitative estimate of drug-likeness (QED) is 0.634. The topological polar surface area (TPSA) is 55.6 Å². The minimum Gasteiger partial charge on any atom is -0.462 e. The smallest absolute Gasteiger partial charge is 0.340 e. The van der Waals surface area contributed by atoms with E-state index < -0.39 is 0 Å². The van der Waals surface area contributed by atoms with E-state index in [4.69, 9.17) is 10.5 Å². The molecule has 1 rings (SSSR count). The van der Waals surface area contributed by atoms with E-state index in [1.807, 2.05) is 19.2 Å². The molecule has 0 radical (unpaired) electrons. The number of ether oxygens (including phenoxy) is 1. The Hall–Kier alpha value is -1.71. The maximum atomic E-state index is 11.8. The van der Waals surface area contributed by atoms with Gasteiger partial charge in [-0.05, 0) is 25.0 Å². The highest BCUT2D eigenvalue weighted by Gasteiger charge is 2.16. The van der Waals surface area contributed by atoms with Gasteiger partial charge in [0.2, 0.25) is 0 Å². The predicted octanol–water partition coefficient (Wildman–Crippen LogP) is 2.93. The molecule has 0 heterocycles. The minimum absolute atomic E-state index is 0.352. The number of hydrogen-bond acceptors (Lipinski definition) is 4. The summed E-state index contributed by atoms with van der Waals surface area (Å²) in [4.78, 5) is 13.9. The zero-order chi connectivity index (χ0) is 14.4. The van der Waals surface area contributed by atoms with Crippen molar-refractivity contribution in [3.63, 3.8) is 0 Å². The molecule has 4 nitrogen and oxygen atoms in total. The van der Waals surface area contributed by atoms with Crippen molar-refractivity contribution < 1.29 is 9.53 Å². The average Bonchev–Trinajstić information content (AvgIpc) is 2.38. The first-order chi connectivity index (χ1) is 9.01. The second-order valence-corrected chi connectivity index (χ2v) is 4.85. The van der Waals surface area contributed by atoms with Gasteiger partial charge in [0, 0.05) is 13.6 Å². The van der Waals surface area contributed by atoms with Gasteiger partial charge in [-0.1, -0.05) is 26.3 Å². The zero-order valence-corrected chi connectivity index (χ0v) is 12.3. The number of esters is 1. The summed E-state index contributed by atoms with van der Waals surface area (Å²) >= 11 is 0. The molecule has 0 aliphatic carbocycles. The number of nitrogens with zero attached hydrogens (tertiary/aromatic N) is 1. The summed E-state index contributed by atoms with van der Waals surface area (Å²) in [7, 11) is 1.99. The minimum atomic E-state index is -0.362. The molecule has 0 spiro atoms. The molecule has 0 aromatic heterocycles. The molecule has 1 aromatic rings. The number of para-hydroxylation sites is 1. The van der Waals surface area contributed by atoms with Gasteiger partial charge in [-0.25, -0.2) is 4.79 Å². The molecule has 1 aromatic carbocycles. The second-order valence-electron chi connectivity index (χ2n) is 4.85. The number of nitrogens with two attached hydrogens (primary N) is 1. The Bertz CT molecular complexity index is 432. The number of hydrogen-bond donors (Lipinski definition) is 1. The fourth-order valence-electron chi connectivity index (χ4n) is 1.97. The van der Waals surface area contributed by atoms with E-state index in [1.54, 1.807) is 13.0 Å². The molecule has 0 amide bonds. The zero-order valence-electron chi connectivity index (χ0n) is 12.3. The largest absolute Gasteiger partial charge is 0.462 e. The fraction of sp³-hybridized carbons (Fsp3) is 0.533. The SMILES string of the molecule is CCOC(=O)c1cccc(N(C)CC(C)CC)c1N. The lowest BCUT2D eigenvalue weighted by Gasteiger charge is -2.25. The molecule has 0 aliphatic heterocycles. The Balaban J connectivity index is 2.97. The molecule has 4 heteroatoms. The van der Waals surface area contributed by atoms with Crippen LogP contribution in [0.5, 0.6) is 0 Å². The molecule has 106 valence electrons. The van der Waals surface area contributed by atoms with Crippen LogP contribution in [0.3, 0.4) is 0 Å². The first-order valence-electron chi connectivity index (χ1n) is 6.77. The summed E-state index contributed by atoms with van der Waals surface area (Å²) in [5, 5.41) is 0. The highest BCUT2D eigenvalue weighted by Crippen LogP contribution is 2.27. The second kappa shape index (κ2) is 7.02. The molecule has 19 heavy (non-hydrogen) atoms. The molecule has 0 bridgehead atoms. The van der Waals surface area contributed by atoms with Crippen LogP contribution in [-0.2, 0) is 4.74 Å². The van der Waals surface area contributed by atoms with Gasteiger partial charge in [-0.15, -0.1) is 0 Å². The van der Waals surface area contributed by atoms with E-state index in [0.717, 1.165) is 18.7 Å². The molecular weight excluding hydrogens is 240 g/mol. The predicted molar refractivity (Wildman–Crippen MR) is 79.5 cm³/mol. The Labute approximate surface area is 115 Å². The number of rotatable bonds is 6. The maximum Gasteiger partial charge on any atom is 0.340 e. The van der Waals surface area contributed by atoms with Crippen LogP contribution in [0.4, 0.5) is 11.4 Å². The Morgan fingerprint density at radius 2 is 2.11 bits per heavy atom. The lowest BCUT2D eigenvalue weighted by Crippen LogP contribution is -2.25. The Kier molecular flexibility index (Phi) is 5.67. The van der Waals surface area contributed by atoms with Crippen LogP contribution in [-0.4, -0.2) is 26.2 Å². The van der Waals surface area contributed by atoms with Crippen LogP contribution in [0, 0.1) is 5.92 Å². The van der Waals surface area contributed by atoms with Crippen molar-refractivity contribution in [1.82, 2.24) is 0 Å². The Morgan fingerprint density at radius 1 is 1.42 bits per heavy atom. The van der Waals surface area contributed by atoms with Crippen LogP contribution in [0.2, 0.25) is 0 Å². The number of nitrogen functional groups attached to an aromatic ring is 1.